The second-order valence-electron chi connectivity index (χ2n) is 15.2. The van der Waals surface area contributed by atoms with Crippen molar-refractivity contribution in [3.05, 3.63) is 108 Å². The van der Waals surface area contributed by atoms with E-state index in [2.05, 4.69) is 20.8 Å². The molecule has 0 aromatic heterocycles. The first kappa shape index (κ1) is 47.4. The van der Waals surface area contributed by atoms with Crippen LogP contribution in [0.3, 0.4) is 0 Å². The maximum Gasteiger partial charge on any atom is 0.343 e. The largest absolute Gasteiger partial charge is 0.494 e. The average Bonchev–Trinajstić information content (AvgIpc) is 3.27. The molecule has 0 radical (unpaired) electrons. The van der Waals surface area contributed by atoms with Crippen LogP contribution in [0, 0.1) is 0 Å². The van der Waals surface area contributed by atoms with Gasteiger partial charge in [-0.25, -0.2) is 14.4 Å². The summed E-state index contributed by atoms with van der Waals surface area (Å²) in [6.45, 7) is 8.45. The Bertz CT molecular complexity index is 1590. The standard InChI is InChI=1S/C51H66O9/c1-4-7-10-13-16-19-34-55-43-22-28-46(29-23-43)58-49(52)40-37-41(50(53)59-47-30-24-44(25-31-47)56-35-20-17-14-11-8-5-2)39-42(38-40)51(54)60-48-32-26-45(27-33-48)57-36-21-18-15-12-9-6-3/h22-33,37-39H,4-21,34-36H2,1-3H3. The summed E-state index contributed by atoms with van der Waals surface area (Å²) >= 11 is 0. The third-order valence-corrected chi connectivity index (χ3v) is 10.0. The van der Waals surface area contributed by atoms with E-state index in [0.29, 0.717) is 37.1 Å². The normalized spacial score (nSPS) is 10.8. The van der Waals surface area contributed by atoms with Crippen molar-refractivity contribution in [3.8, 4) is 34.5 Å². The molecule has 0 N–H and O–H groups in total. The van der Waals surface area contributed by atoms with E-state index in [4.69, 9.17) is 28.4 Å². The SMILES string of the molecule is CCCCCCCCOc1ccc(OC(=O)c2cc(C(=O)Oc3ccc(OCCCCCCCC)cc3)cc(C(=O)Oc3ccc(OCCCCCCCC)cc3)c2)cc1. The van der Waals surface area contributed by atoms with Gasteiger partial charge in [0.05, 0.1) is 36.5 Å². The fourth-order valence-corrected chi connectivity index (χ4v) is 6.51. The van der Waals surface area contributed by atoms with Gasteiger partial charge < -0.3 is 28.4 Å². The average molecular weight is 823 g/mol. The molecule has 0 bridgehead atoms. The molecule has 0 aliphatic heterocycles. The molecule has 4 rings (SSSR count). The summed E-state index contributed by atoms with van der Waals surface area (Å²) in [6.07, 6.45) is 21.1. The molecule has 0 aliphatic rings. The highest BCUT2D eigenvalue weighted by Crippen LogP contribution is 2.24. The van der Waals surface area contributed by atoms with Gasteiger partial charge in [-0.3, -0.25) is 0 Å². The molecule has 0 heterocycles. The number of rotatable bonds is 30. The van der Waals surface area contributed by atoms with Crippen LogP contribution < -0.4 is 28.4 Å². The summed E-state index contributed by atoms with van der Waals surface area (Å²) < 4.78 is 34.6. The van der Waals surface area contributed by atoms with Crippen molar-refractivity contribution >= 4 is 17.9 Å². The Balaban J connectivity index is 1.40. The van der Waals surface area contributed by atoms with Gasteiger partial charge in [0.25, 0.3) is 0 Å². The number of unbranched alkanes of at least 4 members (excludes halogenated alkanes) is 15. The van der Waals surface area contributed by atoms with Crippen molar-refractivity contribution in [2.75, 3.05) is 19.8 Å². The van der Waals surface area contributed by atoms with Crippen LogP contribution in [0.25, 0.3) is 0 Å². The number of benzene rings is 4. The molecular weight excluding hydrogens is 757 g/mol. The molecule has 324 valence electrons. The van der Waals surface area contributed by atoms with Crippen LogP contribution in [0.2, 0.25) is 0 Å². The lowest BCUT2D eigenvalue weighted by Crippen LogP contribution is -2.16. The lowest BCUT2D eigenvalue weighted by Gasteiger charge is -2.12. The molecule has 0 saturated carbocycles. The van der Waals surface area contributed by atoms with Crippen molar-refractivity contribution in [1.29, 1.82) is 0 Å². The van der Waals surface area contributed by atoms with Crippen molar-refractivity contribution in [2.24, 2.45) is 0 Å². The van der Waals surface area contributed by atoms with E-state index in [9.17, 15) is 14.4 Å². The molecule has 0 amide bonds. The van der Waals surface area contributed by atoms with Crippen molar-refractivity contribution in [2.45, 2.75) is 136 Å². The summed E-state index contributed by atoms with van der Waals surface area (Å²) in [5, 5.41) is 0. The molecule has 9 nitrogen and oxygen atoms in total. The van der Waals surface area contributed by atoms with E-state index in [1.54, 1.807) is 72.8 Å². The zero-order valence-electron chi connectivity index (χ0n) is 36.2. The summed E-state index contributed by atoms with van der Waals surface area (Å²) in [5.74, 6) is 0.563. The third-order valence-electron chi connectivity index (χ3n) is 10.0. The molecule has 0 atom stereocenters. The summed E-state index contributed by atoms with van der Waals surface area (Å²) in [6, 6.07) is 24.3. The van der Waals surface area contributed by atoms with Crippen molar-refractivity contribution < 1.29 is 42.8 Å². The van der Waals surface area contributed by atoms with Crippen LogP contribution in [0.5, 0.6) is 34.5 Å². The van der Waals surface area contributed by atoms with Gasteiger partial charge in [-0.15, -0.1) is 0 Å². The van der Waals surface area contributed by atoms with Gasteiger partial charge in [0.15, 0.2) is 0 Å². The Kier molecular flexibility index (Phi) is 22.3. The van der Waals surface area contributed by atoms with E-state index in [1.807, 2.05) is 0 Å². The molecule has 0 spiro atoms. The van der Waals surface area contributed by atoms with E-state index in [1.165, 1.54) is 95.2 Å². The molecular formula is C51H66O9. The first-order valence-electron chi connectivity index (χ1n) is 22.4. The summed E-state index contributed by atoms with van der Waals surface area (Å²) in [4.78, 5) is 40.6. The molecule has 60 heavy (non-hydrogen) atoms. The maximum absolute atomic E-state index is 13.5. The number of carbonyl (C=O) groups excluding carboxylic acids is 3. The third kappa shape index (κ3) is 18.3. The van der Waals surface area contributed by atoms with Gasteiger partial charge >= 0.3 is 17.9 Å². The minimum Gasteiger partial charge on any atom is -0.494 e. The van der Waals surface area contributed by atoms with Crippen LogP contribution in [-0.2, 0) is 0 Å². The first-order chi connectivity index (χ1) is 29.4. The number of hydrogen-bond donors (Lipinski definition) is 0. The summed E-state index contributed by atoms with van der Waals surface area (Å²) in [5.41, 5.74) is -0.0925. The lowest BCUT2D eigenvalue weighted by atomic mass is 10.1. The Morgan fingerprint density at radius 2 is 0.533 bits per heavy atom. The van der Waals surface area contributed by atoms with Gasteiger partial charge in [-0.2, -0.15) is 0 Å². The molecule has 4 aromatic carbocycles. The molecule has 0 saturated heterocycles. The summed E-state index contributed by atoms with van der Waals surface area (Å²) in [7, 11) is 0. The molecule has 0 aliphatic carbocycles. The Morgan fingerprint density at radius 1 is 0.317 bits per heavy atom. The Morgan fingerprint density at radius 3 is 0.783 bits per heavy atom. The Labute approximate surface area is 358 Å². The zero-order chi connectivity index (χ0) is 42.6. The van der Waals surface area contributed by atoms with E-state index < -0.39 is 17.9 Å². The second-order valence-corrected chi connectivity index (χ2v) is 15.2. The van der Waals surface area contributed by atoms with Gasteiger partial charge in [0, 0.05) is 0 Å². The van der Waals surface area contributed by atoms with Crippen LogP contribution in [0.4, 0.5) is 0 Å². The minimum absolute atomic E-state index is 0.0308. The number of carbonyl (C=O) groups is 3. The highest BCUT2D eigenvalue weighted by molar-refractivity contribution is 6.01. The quantitative estimate of drug-likeness (QED) is 0.0289. The van der Waals surface area contributed by atoms with Crippen molar-refractivity contribution in [3.63, 3.8) is 0 Å². The predicted octanol–water partition coefficient (Wildman–Crippen LogP) is 13.6. The van der Waals surface area contributed by atoms with Crippen LogP contribution >= 0.6 is 0 Å². The molecule has 9 heteroatoms. The van der Waals surface area contributed by atoms with Gasteiger partial charge in [0.1, 0.15) is 34.5 Å². The van der Waals surface area contributed by atoms with Crippen LogP contribution in [0.15, 0.2) is 91.0 Å². The molecule has 0 fully saturated rings. The molecule has 4 aromatic rings. The number of esters is 3. The van der Waals surface area contributed by atoms with Gasteiger partial charge in [-0.1, -0.05) is 117 Å². The fourth-order valence-electron chi connectivity index (χ4n) is 6.51. The number of ether oxygens (including phenoxy) is 6. The maximum atomic E-state index is 13.5. The smallest absolute Gasteiger partial charge is 0.343 e. The highest BCUT2D eigenvalue weighted by Gasteiger charge is 2.21. The van der Waals surface area contributed by atoms with E-state index in [0.717, 1.165) is 38.5 Å². The minimum atomic E-state index is -0.766. The first-order valence-corrected chi connectivity index (χ1v) is 22.4. The van der Waals surface area contributed by atoms with Crippen LogP contribution in [-0.4, -0.2) is 37.7 Å². The lowest BCUT2D eigenvalue weighted by molar-refractivity contribution is 0.0734. The van der Waals surface area contributed by atoms with E-state index in [-0.39, 0.29) is 33.9 Å². The van der Waals surface area contributed by atoms with Gasteiger partial charge in [-0.05, 0) is 110 Å². The second kappa shape index (κ2) is 28.2. The monoisotopic (exact) mass is 822 g/mol. The number of hydrogen-bond acceptors (Lipinski definition) is 9. The zero-order valence-corrected chi connectivity index (χ0v) is 36.2. The fraction of sp³-hybridized carbons (Fsp3) is 0.471. The molecule has 0 unspecified atom stereocenters. The topological polar surface area (TPSA) is 107 Å². The van der Waals surface area contributed by atoms with Crippen LogP contribution in [0.1, 0.15) is 167 Å². The van der Waals surface area contributed by atoms with Crippen molar-refractivity contribution in [1.82, 2.24) is 0 Å². The van der Waals surface area contributed by atoms with E-state index >= 15 is 0 Å². The Hall–Kier alpha value is -5.31. The van der Waals surface area contributed by atoms with Gasteiger partial charge in [0.2, 0.25) is 0 Å². The highest BCUT2D eigenvalue weighted by atomic mass is 16.5. The predicted molar refractivity (Wildman–Crippen MR) is 237 cm³/mol.